The second-order valence-corrected chi connectivity index (χ2v) is 10.4. The molecule has 0 amide bonds. The van der Waals surface area contributed by atoms with Crippen molar-refractivity contribution in [3.05, 3.63) is 47.5 Å². The molecule has 9 nitrogen and oxygen atoms in total. The molecule has 176 valence electrons. The highest BCUT2D eigenvalue weighted by atomic mass is 32.2. The van der Waals surface area contributed by atoms with Crippen LogP contribution in [0.3, 0.4) is 0 Å². The third-order valence-electron chi connectivity index (χ3n) is 5.56. The molecule has 3 aromatic rings. The lowest BCUT2D eigenvalue weighted by atomic mass is 9.98. The molecule has 2 aromatic carbocycles. The van der Waals surface area contributed by atoms with Crippen LogP contribution in [0.5, 0.6) is 11.5 Å². The van der Waals surface area contributed by atoms with E-state index in [4.69, 9.17) is 4.74 Å². The summed E-state index contributed by atoms with van der Waals surface area (Å²) in [5, 5.41) is 28.3. The molecule has 1 fully saturated rings. The first-order chi connectivity index (χ1) is 15.7. The van der Waals surface area contributed by atoms with Gasteiger partial charge in [0.2, 0.25) is 5.16 Å². The van der Waals surface area contributed by atoms with E-state index in [0.717, 1.165) is 22.6 Å². The number of benzene rings is 2. The fourth-order valence-electron chi connectivity index (χ4n) is 3.82. The monoisotopic (exact) mass is 490 g/mol. The maximum atomic E-state index is 13.6. The Balaban J connectivity index is 1.76. The molecule has 1 aromatic heterocycles. The van der Waals surface area contributed by atoms with E-state index in [-0.39, 0.29) is 38.9 Å². The number of phenols is 2. The van der Waals surface area contributed by atoms with Crippen LogP contribution in [0.25, 0.3) is 11.4 Å². The van der Waals surface area contributed by atoms with Crippen LogP contribution in [0, 0.1) is 0 Å². The molecule has 0 atom stereocenters. The number of aromatic hydroxyl groups is 2. The Morgan fingerprint density at radius 1 is 1.09 bits per heavy atom. The van der Waals surface area contributed by atoms with E-state index >= 15 is 0 Å². The number of hydrogen-bond donors (Lipinski definition) is 3. The minimum Gasteiger partial charge on any atom is -0.508 e. The van der Waals surface area contributed by atoms with E-state index < -0.39 is 10.0 Å². The predicted octanol–water partition coefficient (Wildman–Crippen LogP) is 2.84. The van der Waals surface area contributed by atoms with Crippen molar-refractivity contribution in [3.8, 4) is 22.9 Å². The molecule has 1 aliphatic rings. The van der Waals surface area contributed by atoms with Gasteiger partial charge < -0.3 is 14.9 Å². The van der Waals surface area contributed by atoms with Gasteiger partial charge >= 0.3 is 0 Å². The zero-order chi connectivity index (χ0) is 23.8. The van der Waals surface area contributed by atoms with E-state index in [2.05, 4.69) is 27.7 Å². The zero-order valence-electron chi connectivity index (χ0n) is 18.3. The van der Waals surface area contributed by atoms with Gasteiger partial charge in [-0.25, -0.2) is 8.42 Å². The first-order valence-corrected chi connectivity index (χ1v) is 12.4. The van der Waals surface area contributed by atoms with Crippen molar-refractivity contribution in [2.75, 3.05) is 26.3 Å². The van der Waals surface area contributed by atoms with E-state index in [0.29, 0.717) is 25.3 Å². The van der Waals surface area contributed by atoms with Gasteiger partial charge in [-0.05, 0) is 35.2 Å². The van der Waals surface area contributed by atoms with Crippen LogP contribution in [0.2, 0.25) is 0 Å². The fourth-order valence-corrected chi connectivity index (χ4v) is 5.65. The molecule has 0 spiro atoms. The molecule has 1 aliphatic heterocycles. The summed E-state index contributed by atoms with van der Waals surface area (Å²) in [6, 6.07) is 9.40. The van der Waals surface area contributed by atoms with Crippen molar-refractivity contribution in [1.29, 1.82) is 0 Å². The molecular formula is C22H26N4O5S2. The Hall–Kier alpha value is -2.60. The van der Waals surface area contributed by atoms with Crippen molar-refractivity contribution < 1.29 is 23.4 Å². The van der Waals surface area contributed by atoms with Crippen LogP contribution >= 0.6 is 12.6 Å². The maximum absolute atomic E-state index is 13.6. The summed E-state index contributed by atoms with van der Waals surface area (Å²) >= 11 is 4.22. The minimum absolute atomic E-state index is 0.0620. The van der Waals surface area contributed by atoms with Gasteiger partial charge in [0.05, 0.1) is 23.7 Å². The summed E-state index contributed by atoms with van der Waals surface area (Å²) in [6.45, 7) is 7.23. The second kappa shape index (κ2) is 9.34. The standard InChI is InChI=1S/C22H26N4O5S2/c1-14(2)17-11-18(20(28)12-19(17)27)21-23-24-22(32)26(21)33(29,30)16-5-3-4-15(10-16)13-25-6-8-31-9-7-25/h3-5,10-12,14,27-28H,6-9,13H2,1-2H3,(H,24,32). The SMILES string of the molecule is CC(C)c1cc(-c2nnc(S)n2S(=O)(=O)c2cccc(CN3CCOCC3)c2)c(O)cc1O. The number of ether oxygens (including phenoxy) is 1. The van der Waals surface area contributed by atoms with E-state index in [1.165, 1.54) is 18.2 Å². The molecule has 33 heavy (non-hydrogen) atoms. The van der Waals surface area contributed by atoms with Crippen LogP contribution in [0.4, 0.5) is 0 Å². The Labute approximate surface area is 198 Å². The van der Waals surface area contributed by atoms with Crippen LogP contribution in [-0.4, -0.2) is 64.0 Å². The lowest BCUT2D eigenvalue weighted by molar-refractivity contribution is 0.0341. The Morgan fingerprint density at radius 3 is 2.52 bits per heavy atom. The maximum Gasteiger partial charge on any atom is 0.271 e. The van der Waals surface area contributed by atoms with Crippen LogP contribution in [0.1, 0.15) is 30.9 Å². The van der Waals surface area contributed by atoms with E-state index in [1.807, 2.05) is 19.9 Å². The normalized spacial score (nSPS) is 15.3. The highest BCUT2D eigenvalue weighted by molar-refractivity contribution is 7.90. The molecule has 11 heteroatoms. The second-order valence-electron chi connectivity index (χ2n) is 8.21. The van der Waals surface area contributed by atoms with Crippen molar-refractivity contribution >= 4 is 22.7 Å². The molecule has 1 saturated heterocycles. The fraction of sp³-hybridized carbons (Fsp3) is 0.364. The number of morpholine rings is 1. The average Bonchev–Trinajstić information content (AvgIpc) is 3.16. The highest BCUT2D eigenvalue weighted by Crippen LogP contribution is 2.38. The number of rotatable bonds is 6. The molecular weight excluding hydrogens is 464 g/mol. The minimum atomic E-state index is -4.13. The molecule has 0 saturated carbocycles. The van der Waals surface area contributed by atoms with Crippen LogP contribution < -0.4 is 0 Å². The van der Waals surface area contributed by atoms with Gasteiger partial charge in [0.15, 0.2) is 5.82 Å². The summed E-state index contributed by atoms with van der Waals surface area (Å²) in [4.78, 5) is 2.26. The smallest absolute Gasteiger partial charge is 0.271 e. The molecule has 2 heterocycles. The largest absolute Gasteiger partial charge is 0.508 e. The molecule has 0 aliphatic carbocycles. The van der Waals surface area contributed by atoms with Gasteiger partial charge in [-0.3, -0.25) is 4.90 Å². The topological polar surface area (TPSA) is 118 Å². The quantitative estimate of drug-likeness (QED) is 0.452. The first-order valence-electron chi connectivity index (χ1n) is 10.5. The lowest BCUT2D eigenvalue weighted by Gasteiger charge is -2.26. The first kappa shape index (κ1) is 23.6. The molecule has 0 bridgehead atoms. The Bertz CT molecular complexity index is 1270. The molecule has 4 rings (SSSR count). The molecule has 0 unspecified atom stereocenters. The lowest BCUT2D eigenvalue weighted by Crippen LogP contribution is -2.35. The van der Waals surface area contributed by atoms with Gasteiger partial charge in [-0.2, -0.15) is 3.97 Å². The van der Waals surface area contributed by atoms with Crippen molar-refractivity contribution in [1.82, 2.24) is 19.1 Å². The van der Waals surface area contributed by atoms with Crippen LogP contribution in [0.15, 0.2) is 46.5 Å². The average molecular weight is 491 g/mol. The number of hydrogen-bond acceptors (Lipinski definition) is 9. The van der Waals surface area contributed by atoms with E-state index in [1.54, 1.807) is 12.1 Å². The molecule has 0 radical (unpaired) electrons. The number of thiol groups is 1. The predicted molar refractivity (Wildman–Crippen MR) is 125 cm³/mol. The number of aromatic nitrogens is 3. The summed E-state index contributed by atoms with van der Waals surface area (Å²) in [6.07, 6.45) is 0. The summed E-state index contributed by atoms with van der Waals surface area (Å²) in [7, 11) is -4.13. The van der Waals surface area contributed by atoms with Crippen molar-refractivity contribution in [3.63, 3.8) is 0 Å². The number of phenolic OH excluding ortho intramolecular Hbond substituents is 2. The van der Waals surface area contributed by atoms with Crippen molar-refractivity contribution in [2.24, 2.45) is 0 Å². The number of nitrogens with zero attached hydrogens (tertiary/aromatic N) is 4. The summed E-state index contributed by atoms with van der Waals surface area (Å²) in [5.74, 6) is -0.542. The van der Waals surface area contributed by atoms with Gasteiger partial charge in [0.25, 0.3) is 10.0 Å². The zero-order valence-corrected chi connectivity index (χ0v) is 20.1. The third-order valence-corrected chi connectivity index (χ3v) is 7.66. The summed E-state index contributed by atoms with van der Waals surface area (Å²) in [5.41, 5.74) is 1.53. The molecule has 2 N–H and O–H groups in total. The van der Waals surface area contributed by atoms with Gasteiger partial charge in [0.1, 0.15) is 11.5 Å². The Kier molecular flexibility index (Phi) is 6.66. The highest BCUT2D eigenvalue weighted by Gasteiger charge is 2.28. The third kappa shape index (κ3) is 4.72. The summed E-state index contributed by atoms with van der Waals surface area (Å²) < 4.78 is 33.5. The van der Waals surface area contributed by atoms with Gasteiger partial charge in [-0.1, -0.05) is 26.0 Å². The van der Waals surface area contributed by atoms with E-state index in [9.17, 15) is 18.6 Å². The van der Waals surface area contributed by atoms with Gasteiger partial charge in [0, 0.05) is 25.7 Å². The van der Waals surface area contributed by atoms with Crippen molar-refractivity contribution in [2.45, 2.75) is 36.4 Å². The van der Waals surface area contributed by atoms with Crippen LogP contribution in [-0.2, 0) is 21.3 Å². The van der Waals surface area contributed by atoms with Gasteiger partial charge in [-0.15, -0.1) is 22.8 Å². The Morgan fingerprint density at radius 2 is 1.82 bits per heavy atom.